The predicted octanol–water partition coefficient (Wildman–Crippen LogP) is 1.16. The van der Waals surface area contributed by atoms with E-state index in [2.05, 4.69) is 15.4 Å². The highest BCUT2D eigenvalue weighted by atomic mass is 16.5. The molecule has 0 atom stereocenters. The molecule has 0 unspecified atom stereocenters. The summed E-state index contributed by atoms with van der Waals surface area (Å²) in [5.41, 5.74) is 2.06. The summed E-state index contributed by atoms with van der Waals surface area (Å²) in [6.07, 6.45) is 4.33. The van der Waals surface area contributed by atoms with Crippen LogP contribution in [0, 0.1) is 6.92 Å². The zero-order valence-electron chi connectivity index (χ0n) is 11.6. The SMILES string of the molecule is COCCNCCc1ncc(-c2cnn(C)c2C)o1. The smallest absolute Gasteiger partial charge is 0.196 e. The number of oxazole rings is 1. The van der Waals surface area contributed by atoms with Crippen LogP contribution in [-0.4, -0.2) is 41.6 Å². The molecule has 0 aliphatic rings. The topological polar surface area (TPSA) is 65.1 Å². The van der Waals surface area contributed by atoms with Gasteiger partial charge in [0.15, 0.2) is 11.7 Å². The lowest BCUT2D eigenvalue weighted by molar-refractivity contribution is 0.199. The standard InChI is InChI=1S/C13H20N4O2/c1-10-11(8-16-17(10)2)12-9-15-13(19-12)4-5-14-6-7-18-3/h8-9,14H,4-7H2,1-3H3. The van der Waals surface area contributed by atoms with Gasteiger partial charge in [-0.15, -0.1) is 0 Å². The molecular formula is C13H20N4O2. The molecule has 0 saturated carbocycles. The first-order chi connectivity index (χ1) is 9.22. The van der Waals surface area contributed by atoms with E-state index >= 15 is 0 Å². The molecule has 0 aliphatic heterocycles. The van der Waals surface area contributed by atoms with Gasteiger partial charge < -0.3 is 14.5 Å². The third-order valence-electron chi connectivity index (χ3n) is 3.05. The first-order valence-corrected chi connectivity index (χ1v) is 6.35. The molecule has 0 saturated heterocycles. The lowest BCUT2D eigenvalue weighted by Crippen LogP contribution is -2.21. The van der Waals surface area contributed by atoms with Crippen molar-refractivity contribution >= 4 is 0 Å². The number of aromatic nitrogens is 3. The van der Waals surface area contributed by atoms with Crippen LogP contribution in [0.25, 0.3) is 11.3 Å². The van der Waals surface area contributed by atoms with Crippen molar-refractivity contribution in [3.63, 3.8) is 0 Å². The first kappa shape index (κ1) is 13.8. The Balaban J connectivity index is 1.90. The lowest BCUT2D eigenvalue weighted by Gasteiger charge is -2.01. The number of methoxy groups -OCH3 is 1. The second kappa shape index (κ2) is 6.49. The summed E-state index contributed by atoms with van der Waals surface area (Å²) >= 11 is 0. The van der Waals surface area contributed by atoms with E-state index in [9.17, 15) is 0 Å². The molecular weight excluding hydrogens is 244 g/mol. The van der Waals surface area contributed by atoms with Gasteiger partial charge in [-0.3, -0.25) is 4.68 Å². The summed E-state index contributed by atoms with van der Waals surface area (Å²) in [6.45, 7) is 4.39. The molecule has 0 spiro atoms. The number of hydrogen-bond donors (Lipinski definition) is 1. The van der Waals surface area contributed by atoms with Gasteiger partial charge in [0.2, 0.25) is 0 Å². The van der Waals surface area contributed by atoms with Crippen LogP contribution in [0.1, 0.15) is 11.6 Å². The average molecular weight is 264 g/mol. The van der Waals surface area contributed by atoms with Crippen molar-refractivity contribution in [1.82, 2.24) is 20.1 Å². The second-order valence-electron chi connectivity index (χ2n) is 4.38. The van der Waals surface area contributed by atoms with Gasteiger partial charge in [-0.2, -0.15) is 5.10 Å². The fraction of sp³-hybridized carbons (Fsp3) is 0.538. The number of hydrogen-bond acceptors (Lipinski definition) is 5. The summed E-state index contributed by atoms with van der Waals surface area (Å²) in [7, 11) is 3.61. The molecule has 104 valence electrons. The van der Waals surface area contributed by atoms with Crippen molar-refractivity contribution in [2.24, 2.45) is 7.05 Å². The highest BCUT2D eigenvalue weighted by Crippen LogP contribution is 2.23. The van der Waals surface area contributed by atoms with E-state index < -0.39 is 0 Å². The van der Waals surface area contributed by atoms with Crippen molar-refractivity contribution in [1.29, 1.82) is 0 Å². The van der Waals surface area contributed by atoms with Gasteiger partial charge in [0, 0.05) is 39.4 Å². The molecule has 2 heterocycles. The second-order valence-corrected chi connectivity index (χ2v) is 4.38. The summed E-state index contributed by atoms with van der Waals surface area (Å²) in [4.78, 5) is 4.29. The number of aryl methyl sites for hydroxylation is 1. The predicted molar refractivity (Wildman–Crippen MR) is 71.9 cm³/mol. The van der Waals surface area contributed by atoms with Crippen LogP contribution in [0.2, 0.25) is 0 Å². The van der Waals surface area contributed by atoms with E-state index in [1.165, 1.54) is 0 Å². The van der Waals surface area contributed by atoms with Crippen LogP contribution in [0.3, 0.4) is 0 Å². The Hall–Kier alpha value is -1.66. The zero-order valence-corrected chi connectivity index (χ0v) is 11.6. The van der Waals surface area contributed by atoms with Gasteiger partial charge in [0.05, 0.1) is 24.6 Å². The Morgan fingerprint density at radius 1 is 1.37 bits per heavy atom. The summed E-state index contributed by atoms with van der Waals surface area (Å²) < 4.78 is 12.5. The van der Waals surface area contributed by atoms with Gasteiger partial charge in [-0.25, -0.2) is 4.98 Å². The highest BCUT2D eigenvalue weighted by molar-refractivity contribution is 5.58. The van der Waals surface area contributed by atoms with E-state index in [0.717, 1.165) is 42.4 Å². The maximum absolute atomic E-state index is 5.73. The molecule has 0 amide bonds. The van der Waals surface area contributed by atoms with Crippen LogP contribution in [0.4, 0.5) is 0 Å². The number of nitrogens with one attached hydrogen (secondary N) is 1. The third kappa shape index (κ3) is 3.42. The van der Waals surface area contributed by atoms with Gasteiger partial charge in [0.25, 0.3) is 0 Å². The maximum Gasteiger partial charge on any atom is 0.196 e. The van der Waals surface area contributed by atoms with Crippen molar-refractivity contribution in [2.45, 2.75) is 13.3 Å². The number of nitrogens with zero attached hydrogens (tertiary/aromatic N) is 3. The first-order valence-electron chi connectivity index (χ1n) is 6.35. The molecule has 2 aromatic heterocycles. The van der Waals surface area contributed by atoms with Crippen LogP contribution < -0.4 is 5.32 Å². The molecule has 6 heteroatoms. The van der Waals surface area contributed by atoms with Gasteiger partial charge in [-0.05, 0) is 6.92 Å². The molecule has 6 nitrogen and oxygen atoms in total. The fourth-order valence-electron chi connectivity index (χ4n) is 1.79. The van der Waals surface area contributed by atoms with Crippen molar-refractivity contribution < 1.29 is 9.15 Å². The highest BCUT2D eigenvalue weighted by Gasteiger charge is 2.11. The minimum atomic E-state index is 0.714. The molecule has 1 N–H and O–H groups in total. The monoisotopic (exact) mass is 264 g/mol. The normalized spacial score (nSPS) is 11.1. The van der Waals surface area contributed by atoms with Crippen LogP contribution in [0.5, 0.6) is 0 Å². The van der Waals surface area contributed by atoms with E-state index in [0.29, 0.717) is 6.61 Å². The van der Waals surface area contributed by atoms with Gasteiger partial charge in [-0.1, -0.05) is 0 Å². The van der Waals surface area contributed by atoms with Gasteiger partial charge >= 0.3 is 0 Å². The van der Waals surface area contributed by atoms with Crippen LogP contribution in [0.15, 0.2) is 16.8 Å². The van der Waals surface area contributed by atoms with Gasteiger partial charge in [0.1, 0.15) is 0 Å². The van der Waals surface area contributed by atoms with E-state index in [-0.39, 0.29) is 0 Å². The Morgan fingerprint density at radius 2 is 2.21 bits per heavy atom. The average Bonchev–Trinajstić information content (AvgIpc) is 2.98. The largest absolute Gasteiger partial charge is 0.441 e. The molecule has 0 radical (unpaired) electrons. The summed E-state index contributed by atoms with van der Waals surface area (Å²) in [6, 6.07) is 0. The minimum Gasteiger partial charge on any atom is -0.441 e. The van der Waals surface area contributed by atoms with E-state index in [1.54, 1.807) is 19.5 Å². The molecule has 0 fully saturated rings. The Morgan fingerprint density at radius 3 is 2.89 bits per heavy atom. The lowest BCUT2D eigenvalue weighted by atomic mass is 10.2. The van der Waals surface area contributed by atoms with Crippen LogP contribution in [-0.2, 0) is 18.2 Å². The van der Waals surface area contributed by atoms with Crippen molar-refractivity contribution in [3.05, 3.63) is 24.0 Å². The Kier molecular flexibility index (Phi) is 4.70. The number of rotatable bonds is 7. The molecule has 0 aliphatic carbocycles. The Bertz CT molecular complexity index is 518. The third-order valence-corrected chi connectivity index (χ3v) is 3.05. The zero-order chi connectivity index (χ0) is 13.7. The van der Waals surface area contributed by atoms with E-state index in [1.807, 2.05) is 18.7 Å². The summed E-state index contributed by atoms with van der Waals surface area (Å²) in [5.74, 6) is 1.51. The maximum atomic E-state index is 5.73. The minimum absolute atomic E-state index is 0.714. The summed E-state index contributed by atoms with van der Waals surface area (Å²) in [5, 5.41) is 7.46. The molecule has 0 bridgehead atoms. The molecule has 0 aromatic carbocycles. The molecule has 2 rings (SSSR count). The molecule has 2 aromatic rings. The van der Waals surface area contributed by atoms with Crippen molar-refractivity contribution in [2.75, 3.05) is 26.8 Å². The van der Waals surface area contributed by atoms with Crippen LogP contribution >= 0.6 is 0 Å². The fourth-order valence-corrected chi connectivity index (χ4v) is 1.79. The van der Waals surface area contributed by atoms with E-state index in [4.69, 9.17) is 9.15 Å². The Labute approximate surface area is 112 Å². The molecule has 19 heavy (non-hydrogen) atoms. The van der Waals surface area contributed by atoms with Crippen molar-refractivity contribution in [3.8, 4) is 11.3 Å². The quantitative estimate of drug-likeness (QED) is 0.760. The number of ether oxygens (including phenoxy) is 1.